The normalized spacial score (nSPS) is 20.6. The lowest BCUT2D eigenvalue weighted by Crippen LogP contribution is -2.77. The average Bonchev–Trinajstić information content (AvgIpc) is 2.71. The first-order valence-electron chi connectivity index (χ1n) is 5.92. The van der Waals surface area contributed by atoms with Crippen LogP contribution in [0.4, 0.5) is 52.7 Å². The van der Waals surface area contributed by atoms with Crippen LogP contribution in [0.2, 0.25) is 0 Å². The molecule has 152 valence electrons. The SMILES string of the molecule is CC(=O)NNC1=NC(C(F)(F)F)(C(F)(F)F)NC1(C(F)(F)F)C(F)(F)F. The van der Waals surface area contributed by atoms with Crippen LogP contribution in [0.25, 0.3) is 0 Å². The van der Waals surface area contributed by atoms with Crippen LogP contribution >= 0.6 is 0 Å². The quantitative estimate of drug-likeness (QED) is 0.421. The Bertz CT molecular complexity index is 570. The molecule has 1 rings (SSSR count). The Labute approximate surface area is 134 Å². The molecule has 0 saturated carbocycles. The molecule has 0 bridgehead atoms. The largest absolute Gasteiger partial charge is 0.436 e. The fraction of sp³-hybridized carbons (Fsp3) is 0.778. The van der Waals surface area contributed by atoms with Gasteiger partial charge in [0.05, 0.1) is 0 Å². The lowest BCUT2D eigenvalue weighted by molar-refractivity contribution is -0.333. The summed E-state index contributed by atoms with van der Waals surface area (Å²) in [6.45, 7) is 0.500. The minimum absolute atomic E-state index is 0.466. The highest BCUT2D eigenvalue weighted by molar-refractivity contribution is 5.97. The molecule has 0 atom stereocenters. The number of rotatable bonds is 0. The average molecular weight is 414 g/mol. The summed E-state index contributed by atoms with van der Waals surface area (Å²) in [6.07, 6.45) is -27.1. The lowest BCUT2D eigenvalue weighted by atomic mass is 9.95. The number of nitrogens with one attached hydrogen (secondary N) is 3. The van der Waals surface area contributed by atoms with Crippen LogP contribution < -0.4 is 16.2 Å². The van der Waals surface area contributed by atoms with Crippen molar-refractivity contribution in [2.24, 2.45) is 4.99 Å². The highest BCUT2D eigenvalue weighted by Crippen LogP contribution is 2.54. The first-order valence-corrected chi connectivity index (χ1v) is 5.92. The standard InChI is InChI=1S/C9H6F12N4O/c1-2(26)23-24-3-4(6(10,11)12,7(13,14)15)25-5(22-3,8(16,17)18)9(19,20)21/h25H,1H3,(H,22,24)(H,23,26). The summed E-state index contributed by atoms with van der Waals surface area (Å²) in [5.74, 6) is -4.31. The van der Waals surface area contributed by atoms with Crippen LogP contribution in [0.5, 0.6) is 0 Å². The molecule has 1 amide bonds. The summed E-state index contributed by atoms with van der Waals surface area (Å²) < 4.78 is 156. The maximum absolute atomic E-state index is 13.1. The van der Waals surface area contributed by atoms with Crippen LogP contribution in [0, 0.1) is 0 Å². The Morgan fingerprint density at radius 3 is 1.50 bits per heavy atom. The monoisotopic (exact) mass is 414 g/mol. The topological polar surface area (TPSA) is 65.5 Å². The van der Waals surface area contributed by atoms with E-state index in [2.05, 4.69) is 0 Å². The minimum Gasteiger partial charge on any atom is -0.283 e. The zero-order chi connectivity index (χ0) is 21.0. The molecular weight excluding hydrogens is 408 g/mol. The van der Waals surface area contributed by atoms with Gasteiger partial charge in [-0.3, -0.25) is 15.6 Å². The summed E-state index contributed by atoms with van der Waals surface area (Å²) in [6, 6.07) is 0. The molecule has 0 spiro atoms. The summed E-state index contributed by atoms with van der Waals surface area (Å²) in [5.41, 5.74) is -10.1. The molecule has 3 N–H and O–H groups in total. The van der Waals surface area contributed by atoms with Crippen LogP contribution in [-0.2, 0) is 4.79 Å². The van der Waals surface area contributed by atoms with Gasteiger partial charge in [0, 0.05) is 6.92 Å². The smallest absolute Gasteiger partial charge is 0.283 e. The molecule has 0 aliphatic carbocycles. The molecule has 1 aliphatic rings. The number of amides is 1. The van der Waals surface area contributed by atoms with Crippen LogP contribution in [0.15, 0.2) is 4.99 Å². The van der Waals surface area contributed by atoms with Gasteiger partial charge in [0.25, 0.3) is 5.54 Å². The number of halogens is 12. The molecule has 1 heterocycles. The second-order valence-electron chi connectivity index (χ2n) is 4.84. The predicted molar refractivity (Wildman–Crippen MR) is 57.2 cm³/mol. The van der Waals surface area contributed by atoms with Crippen LogP contribution in [0.1, 0.15) is 6.92 Å². The third-order valence-electron chi connectivity index (χ3n) is 3.03. The first kappa shape index (κ1) is 22.1. The number of carbonyl (C=O) groups is 1. The second-order valence-corrected chi connectivity index (χ2v) is 4.84. The molecule has 0 radical (unpaired) electrons. The summed E-state index contributed by atoms with van der Waals surface area (Å²) >= 11 is 0. The zero-order valence-electron chi connectivity index (χ0n) is 11.9. The van der Waals surface area contributed by atoms with Crippen molar-refractivity contribution in [2.45, 2.75) is 42.8 Å². The van der Waals surface area contributed by atoms with Crippen molar-refractivity contribution in [2.75, 3.05) is 0 Å². The number of amidine groups is 1. The van der Waals surface area contributed by atoms with E-state index >= 15 is 0 Å². The Kier molecular flexibility index (Phi) is 4.91. The van der Waals surface area contributed by atoms with Crippen LogP contribution in [-0.4, -0.2) is 47.6 Å². The van der Waals surface area contributed by atoms with Crippen molar-refractivity contribution in [3.05, 3.63) is 0 Å². The third kappa shape index (κ3) is 3.11. The van der Waals surface area contributed by atoms with E-state index in [4.69, 9.17) is 0 Å². The lowest BCUT2D eigenvalue weighted by Gasteiger charge is -2.39. The second kappa shape index (κ2) is 5.78. The number of hydrogen-bond acceptors (Lipinski definition) is 4. The van der Waals surface area contributed by atoms with Gasteiger partial charge in [-0.15, -0.1) is 0 Å². The number of hydrogen-bond donors (Lipinski definition) is 3. The molecule has 0 unspecified atom stereocenters. The number of nitrogens with zero attached hydrogens (tertiary/aromatic N) is 1. The molecule has 0 fully saturated rings. The van der Waals surface area contributed by atoms with Gasteiger partial charge >= 0.3 is 30.4 Å². The predicted octanol–water partition coefficient (Wildman–Crippen LogP) is 2.31. The van der Waals surface area contributed by atoms with E-state index in [9.17, 15) is 57.5 Å². The van der Waals surface area contributed by atoms with Crippen molar-refractivity contribution in [1.82, 2.24) is 16.2 Å². The zero-order valence-corrected chi connectivity index (χ0v) is 11.9. The number of aliphatic imine (C=N–C) groups is 1. The molecular formula is C9H6F12N4O. The van der Waals surface area contributed by atoms with Gasteiger partial charge in [0.2, 0.25) is 5.91 Å². The molecule has 17 heteroatoms. The van der Waals surface area contributed by atoms with E-state index in [-0.39, 0.29) is 0 Å². The Hall–Kier alpha value is -1.94. The molecule has 0 aromatic carbocycles. The van der Waals surface area contributed by atoms with E-state index < -0.39 is 53.0 Å². The van der Waals surface area contributed by atoms with Gasteiger partial charge < -0.3 is 0 Å². The number of hydrazine groups is 1. The van der Waals surface area contributed by atoms with E-state index in [0.29, 0.717) is 6.92 Å². The maximum atomic E-state index is 13.1. The van der Waals surface area contributed by atoms with Crippen molar-refractivity contribution in [1.29, 1.82) is 0 Å². The molecule has 26 heavy (non-hydrogen) atoms. The Balaban J connectivity index is 3.83. The highest BCUT2D eigenvalue weighted by Gasteiger charge is 2.86. The fourth-order valence-corrected chi connectivity index (χ4v) is 1.88. The molecule has 0 saturated heterocycles. The van der Waals surface area contributed by atoms with Gasteiger partial charge in [-0.2, -0.15) is 52.7 Å². The van der Waals surface area contributed by atoms with E-state index in [0.717, 1.165) is 10.9 Å². The summed E-state index contributed by atoms with van der Waals surface area (Å²) in [4.78, 5) is 12.2. The van der Waals surface area contributed by atoms with Crippen LogP contribution in [0.3, 0.4) is 0 Å². The highest BCUT2D eigenvalue weighted by atomic mass is 19.4. The van der Waals surface area contributed by atoms with Gasteiger partial charge in [0.15, 0.2) is 5.84 Å². The Morgan fingerprint density at radius 1 is 0.846 bits per heavy atom. The van der Waals surface area contributed by atoms with Gasteiger partial charge in [-0.25, -0.2) is 10.3 Å². The van der Waals surface area contributed by atoms with E-state index in [1.807, 2.05) is 0 Å². The van der Waals surface area contributed by atoms with Gasteiger partial charge in [-0.05, 0) is 0 Å². The summed E-state index contributed by atoms with van der Waals surface area (Å²) in [7, 11) is 0. The first-order chi connectivity index (χ1) is 11.2. The molecule has 0 aromatic heterocycles. The van der Waals surface area contributed by atoms with Gasteiger partial charge in [-0.1, -0.05) is 0 Å². The van der Waals surface area contributed by atoms with Crippen molar-refractivity contribution < 1.29 is 57.5 Å². The maximum Gasteiger partial charge on any atom is 0.436 e. The van der Waals surface area contributed by atoms with Crippen molar-refractivity contribution >= 4 is 11.7 Å². The van der Waals surface area contributed by atoms with E-state index in [1.165, 1.54) is 0 Å². The van der Waals surface area contributed by atoms with Crippen molar-refractivity contribution in [3.63, 3.8) is 0 Å². The third-order valence-corrected chi connectivity index (χ3v) is 3.03. The Morgan fingerprint density at radius 2 is 1.23 bits per heavy atom. The van der Waals surface area contributed by atoms with E-state index in [1.54, 1.807) is 4.99 Å². The molecule has 1 aliphatic heterocycles. The number of carbonyl (C=O) groups excluding carboxylic acids is 1. The van der Waals surface area contributed by atoms with Gasteiger partial charge in [0.1, 0.15) is 0 Å². The fourth-order valence-electron chi connectivity index (χ4n) is 1.88. The summed E-state index contributed by atoms with van der Waals surface area (Å²) in [5, 5.41) is -0.466. The number of alkyl halides is 12. The minimum atomic E-state index is -6.77. The van der Waals surface area contributed by atoms with Crippen molar-refractivity contribution in [3.8, 4) is 0 Å². The molecule has 5 nitrogen and oxygen atoms in total. The molecule has 0 aromatic rings.